The zero-order chi connectivity index (χ0) is 26.2. The van der Waals surface area contributed by atoms with E-state index in [-0.39, 0.29) is 17.9 Å². The summed E-state index contributed by atoms with van der Waals surface area (Å²) in [5.41, 5.74) is 8.08. The average Bonchev–Trinajstić information content (AvgIpc) is 3.33. The summed E-state index contributed by atoms with van der Waals surface area (Å²) in [6.45, 7) is 8.38. The number of carbonyl (C=O) groups excluding carboxylic acids is 1. The van der Waals surface area contributed by atoms with Gasteiger partial charge in [0.2, 0.25) is 0 Å². The van der Waals surface area contributed by atoms with Gasteiger partial charge in [-0.3, -0.25) is 4.79 Å². The molecule has 37 heavy (non-hydrogen) atoms. The van der Waals surface area contributed by atoms with Gasteiger partial charge in [0.1, 0.15) is 17.2 Å². The number of carbonyl (C=O) groups is 1. The van der Waals surface area contributed by atoms with Crippen molar-refractivity contribution in [2.75, 3.05) is 19.0 Å². The molecular formula is C31H32N2O4. The first-order valence-corrected chi connectivity index (χ1v) is 12.5. The van der Waals surface area contributed by atoms with Crippen LogP contribution in [0.4, 0.5) is 5.69 Å². The number of nitrogens with zero attached hydrogens (tertiary/aromatic N) is 1. The second kappa shape index (κ2) is 9.77. The number of ether oxygens (including phenoxy) is 2. The maximum Gasteiger partial charge on any atom is 0.262 e. The Balaban J connectivity index is 1.31. The fourth-order valence-corrected chi connectivity index (χ4v) is 4.66. The van der Waals surface area contributed by atoms with Gasteiger partial charge in [-0.2, -0.15) is 0 Å². The topological polar surface area (TPSA) is 73.6 Å². The van der Waals surface area contributed by atoms with Gasteiger partial charge in [0.15, 0.2) is 12.4 Å². The molecule has 6 heteroatoms. The SMILES string of the molecule is COc1ccc2c(c1)CCc1c-2noc1-c1ccc(C)c(NC(=O)COc2ccc(C(C)(C)C)cc2)c1. The average molecular weight is 497 g/mol. The second-order valence-corrected chi connectivity index (χ2v) is 10.5. The smallest absolute Gasteiger partial charge is 0.262 e. The van der Waals surface area contributed by atoms with Crippen LogP contribution >= 0.6 is 0 Å². The molecule has 1 aromatic heterocycles. The van der Waals surface area contributed by atoms with Gasteiger partial charge in [-0.05, 0) is 78.3 Å². The number of fused-ring (bicyclic) bond motifs is 3. The summed E-state index contributed by atoms with van der Waals surface area (Å²) in [7, 11) is 1.67. The molecule has 190 valence electrons. The van der Waals surface area contributed by atoms with Crippen molar-refractivity contribution in [2.24, 2.45) is 0 Å². The first-order valence-electron chi connectivity index (χ1n) is 12.5. The monoisotopic (exact) mass is 496 g/mol. The third kappa shape index (κ3) is 5.10. The van der Waals surface area contributed by atoms with Crippen molar-refractivity contribution < 1.29 is 18.8 Å². The van der Waals surface area contributed by atoms with Crippen molar-refractivity contribution in [3.8, 4) is 34.1 Å². The Bertz CT molecular complexity index is 1450. The summed E-state index contributed by atoms with van der Waals surface area (Å²) in [6, 6.07) is 19.8. The largest absolute Gasteiger partial charge is 0.497 e. The highest BCUT2D eigenvalue weighted by molar-refractivity contribution is 5.93. The molecule has 0 saturated heterocycles. The number of hydrogen-bond acceptors (Lipinski definition) is 5. The Hall–Kier alpha value is -4.06. The van der Waals surface area contributed by atoms with Crippen molar-refractivity contribution in [1.82, 2.24) is 5.16 Å². The van der Waals surface area contributed by atoms with E-state index in [0.717, 1.165) is 58.0 Å². The summed E-state index contributed by atoms with van der Waals surface area (Å²) < 4.78 is 16.9. The zero-order valence-corrected chi connectivity index (χ0v) is 22.0. The molecule has 1 aliphatic rings. The number of amides is 1. The van der Waals surface area contributed by atoms with Crippen molar-refractivity contribution in [3.63, 3.8) is 0 Å². The molecule has 4 aromatic rings. The van der Waals surface area contributed by atoms with Crippen LogP contribution in [-0.4, -0.2) is 24.8 Å². The first kappa shape index (κ1) is 24.6. The highest BCUT2D eigenvalue weighted by Crippen LogP contribution is 2.40. The molecule has 0 saturated carbocycles. The van der Waals surface area contributed by atoms with E-state index in [1.165, 1.54) is 11.1 Å². The molecule has 1 amide bonds. The van der Waals surface area contributed by atoms with Crippen LogP contribution in [0, 0.1) is 6.92 Å². The summed E-state index contributed by atoms with van der Waals surface area (Å²) in [6.07, 6.45) is 1.71. The fourth-order valence-electron chi connectivity index (χ4n) is 4.66. The van der Waals surface area contributed by atoms with Crippen molar-refractivity contribution >= 4 is 11.6 Å². The van der Waals surface area contributed by atoms with Gasteiger partial charge in [-0.25, -0.2) is 0 Å². The molecule has 0 aliphatic heterocycles. The van der Waals surface area contributed by atoms with Crippen LogP contribution in [0.2, 0.25) is 0 Å². The van der Waals surface area contributed by atoms with E-state index in [2.05, 4.69) is 37.3 Å². The summed E-state index contributed by atoms with van der Waals surface area (Å²) >= 11 is 0. The highest BCUT2D eigenvalue weighted by Gasteiger charge is 2.25. The molecule has 1 aliphatic carbocycles. The Morgan fingerprint density at radius 1 is 1.00 bits per heavy atom. The minimum absolute atomic E-state index is 0.0676. The molecule has 0 fully saturated rings. The van der Waals surface area contributed by atoms with Crippen molar-refractivity contribution in [2.45, 2.75) is 46.0 Å². The normalized spacial score (nSPS) is 12.5. The molecular weight excluding hydrogens is 464 g/mol. The molecule has 0 bridgehead atoms. The number of methoxy groups -OCH3 is 1. The number of benzene rings is 3. The number of nitrogens with one attached hydrogen (secondary N) is 1. The first-order chi connectivity index (χ1) is 17.7. The summed E-state index contributed by atoms with van der Waals surface area (Å²) in [5, 5.41) is 7.39. The third-order valence-corrected chi connectivity index (χ3v) is 6.86. The third-order valence-electron chi connectivity index (χ3n) is 6.86. The Morgan fingerprint density at radius 2 is 1.76 bits per heavy atom. The lowest BCUT2D eigenvalue weighted by atomic mass is 9.87. The Kier molecular flexibility index (Phi) is 6.50. The molecule has 0 spiro atoms. The molecule has 3 aromatic carbocycles. The van der Waals surface area contributed by atoms with Gasteiger partial charge < -0.3 is 19.3 Å². The molecule has 1 heterocycles. The van der Waals surface area contributed by atoms with Crippen LogP contribution in [0.25, 0.3) is 22.6 Å². The van der Waals surface area contributed by atoms with E-state index in [9.17, 15) is 4.79 Å². The maximum absolute atomic E-state index is 12.7. The summed E-state index contributed by atoms with van der Waals surface area (Å²) in [5.74, 6) is 2.03. The van der Waals surface area contributed by atoms with Crippen LogP contribution in [0.1, 0.15) is 43.0 Å². The second-order valence-electron chi connectivity index (χ2n) is 10.5. The lowest BCUT2D eigenvalue weighted by Crippen LogP contribution is -2.20. The molecule has 0 unspecified atom stereocenters. The van der Waals surface area contributed by atoms with Crippen molar-refractivity contribution in [1.29, 1.82) is 0 Å². The van der Waals surface area contributed by atoms with Gasteiger partial charge in [0, 0.05) is 22.4 Å². The molecule has 0 atom stereocenters. The quantitative estimate of drug-likeness (QED) is 0.320. The van der Waals surface area contributed by atoms with Gasteiger partial charge in [0.25, 0.3) is 5.91 Å². The van der Waals surface area contributed by atoms with Crippen LogP contribution in [0.3, 0.4) is 0 Å². The minimum Gasteiger partial charge on any atom is -0.497 e. The summed E-state index contributed by atoms with van der Waals surface area (Å²) in [4.78, 5) is 12.7. The fraction of sp³-hybridized carbons (Fsp3) is 0.290. The number of hydrogen-bond donors (Lipinski definition) is 1. The van der Waals surface area contributed by atoms with E-state index in [0.29, 0.717) is 5.75 Å². The van der Waals surface area contributed by atoms with Crippen LogP contribution < -0.4 is 14.8 Å². The van der Waals surface area contributed by atoms with Crippen molar-refractivity contribution in [3.05, 3.63) is 82.9 Å². The number of rotatable bonds is 6. The standard InChI is InChI=1S/C31H32N2O4/c1-19-6-7-21(30-26-14-8-20-16-24(35-5)13-15-25(20)29(26)33-37-30)17-27(19)32-28(34)18-36-23-11-9-22(10-12-23)31(2,3)4/h6-7,9-13,15-17H,8,14,18H2,1-5H3,(H,32,34). The molecule has 1 N–H and O–H groups in total. The number of aromatic nitrogens is 1. The lowest BCUT2D eigenvalue weighted by molar-refractivity contribution is -0.118. The van der Waals surface area contributed by atoms with Crippen LogP contribution in [-0.2, 0) is 23.1 Å². The Morgan fingerprint density at radius 3 is 2.49 bits per heavy atom. The van der Waals surface area contributed by atoms with Crippen LogP contribution in [0.15, 0.2) is 65.2 Å². The van der Waals surface area contributed by atoms with Crippen LogP contribution in [0.5, 0.6) is 11.5 Å². The van der Waals surface area contributed by atoms with E-state index < -0.39 is 0 Å². The van der Waals surface area contributed by atoms with E-state index in [1.54, 1.807) is 7.11 Å². The van der Waals surface area contributed by atoms with Gasteiger partial charge in [-0.15, -0.1) is 0 Å². The molecule has 0 radical (unpaired) electrons. The Labute approximate surface area is 217 Å². The van der Waals surface area contributed by atoms with E-state index >= 15 is 0 Å². The number of aryl methyl sites for hydroxylation is 2. The molecule has 5 rings (SSSR count). The zero-order valence-electron chi connectivity index (χ0n) is 22.0. The molecule has 6 nitrogen and oxygen atoms in total. The van der Waals surface area contributed by atoms with Gasteiger partial charge in [0.05, 0.1) is 7.11 Å². The predicted octanol–water partition coefficient (Wildman–Crippen LogP) is 6.74. The van der Waals surface area contributed by atoms with Gasteiger partial charge in [-0.1, -0.05) is 50.2 Å². The highest BCUT2D eigenvalue weighted by atomic mass is 16.5. The minimum atomic E-state index is -0.220. The predicted molar refractivity (Wildman–Crippen MR) is 145 cm³/mol. The maximum atomic E-state index is 12.7. The van der Waals surface area contributed by atoms with E-state index in [1.807, 2.05) is 61.5 Å². The number of anilines is 1. The van der Waals surface area contributed by atoms with E-state index in [4.69, 9.17) is 14.0 Å². The lowest BCUT2D eigenvalue weighted by Gasteiger charge is -2.19. The van der Waals surface area contributed by atoms with Gasteiger partial charge >= 0.3 is 0 Å².